The molecule has 17 heavy (non-hydrogen) atoms. The largest absolute Gasteiger partial charge is 0.345 e. The van der Waals surface area contributed by atoms with Crippen LogP contribution in [0.1, 0.15) is 52.7 Å². The Morgan fingerprint density at radius 3 is 1.94 bits per heavy atom. The van der Waals surface area contributed by atoms with Crippen molar-refractivity contribution in [3.8, 4) is 0 Å². The molecule has 0 atom stereocenters. The normalized spacial score (nSPS) is 13.3. The molecule has 2 aromatic rings. The Labute approximate surface area is 103 Å². The van der Waals surface area contributed by atoms with Gasteiger partial charge >= 0.3 is 0 Å². The minimum atomic E-state index is 0.149. The molecule has 0 amide bonds. The van der Waals surface area contributed by atoms with Crippen LogP contribution in [0.15, 0.2) is 18.5 Å². The van der Waals surface area contributed by atoms with Crippen molar-refractivity contribution in [3.63, 3.8) is 0 Å². The second-order valence-electron chi connectivity index (χ2n) is 6.82. The Morgan fingerprint density at radius 1 is 0.882 bits per heavy atom. The fraction of sp³-hybridized carbons (Fsp3) is 0.533. The van der Waals surface area contributed by atoms with Crippen LogP contribution in [0.2, 0.25) is 0 Å². The molecule has 0 saturated heterocycles. The summed E-state index contributed by atoms with van der Waals surface area (Å²) in [5.74, 6) is 0. The summed E-state index contributed by atoms with van der Waals surface area (Å²) >= 11 is 0. The van der Waals surface area contributed by atoms with E-state index in [0.29, 0.717) is 0 Å². The quantitative estimate of drug-likeness (QED) is 0.723. The van der Waals surface area contributed by atoms with Gasteiger partial charge in [-0.25, -0.2) is 4.98 Å². The topological polar surface area (TPSA) is 28.7 Å². The molecule has 0 aliphatic carbocycles. The van der Waals surface area contributed by atoms with Gasteiger partial charge < -0.3 is 4.98 Å². The highest BCUT2D eigenvalue weighted by Gasteiger charge is 2.25. The average Bonchev–Trinajstić information content (AvgIpc) is 2.59. The summed E-state index contributed by atoms with van der Waals surface area (Å²) in [5, 5.41) is 0. The van der Waals surface area contributed by atoms with Gasteiger partial charge in [-0.2, -0.15) is 0 Å². The van der Waals surface area contributed by atoms with E-state index in [1.54, 1.807) is 6.33 Å². The first kappa shape index (κ1) is 12.2. The number of H-pyrrole nitrogens is 1. The van der Waals surface area contributed by atoms with E-state index < -0.39 is 0 Å². The standard InChI is InChI=1S/C15H22N2/c1-14(2,3)10-7-12-13(17-9-16-12)8-11(10)15(4,5)6/h7-9H,1-6H3,(H,16,17). The molecule has 1 aromatic heterocycles. The Hall–Kier alpha value is -1.31. The summed E-state index contributed by atoms with van der Waals surface area (Å²) in [4.78, 5) is 7.56. The number of imidazole rings is 1. The molecule has 0 aliphatic rings. The molecular formula is C15H22N2. The molecule has 0 unspecified atom stereocenters. The molecule has 2 nitrogen and oxygen atoms in total. The molecule has 2 rings (SSSR count). The molecule has 1 aromatic carbocycles. The lowest BCUT2D eigenvalue weighted by Crippen LogP contribution is -2.21. The van der Waals surface area contributed by atoms with Gasteiger partial charge in [-0.15, -0.1) is 0 Å². The van der Waals surface area contributed by atoms with E-state index in [9.17, 15) is 0 Å². The highest BCUT2D eigenvalue weighted by molar-refractivity contribution is 5.77. The van der Waals surface area contributed by atoms with Crippen molar-refractivity contribution >= 4 is 11.0 Å². The lowest BCUT2D eigenvalue weighted by atomic mass is 9.75. The third kappa shape index (κ3) is 2.21. The number of rotatable bonds is 0. The molecule has 0 bridgehead atoms. The number of nitrogens with zero attached hydrogens (tertiary/aromatic N) is 1. The fourth-order valence-electron chi connectivity index (χ4n) is 2.22. The van der Waals surface area contributed by atoms with Gasteiger partial charge in [-0.3, -0.25) is 0 Å². The van der Waals surface area contributed by atoms with Crippen LogP contribution in [0.4, 0.5) is 0 Å². The predicted molar refractivity (Wildman–Crippen MR) is 73.5 cm³/mol. The van der Waals surface area contributed by atoms with Crippen molar-refractivity contribution in [1.29, 1.82) is 0 Å². The van der Waals surface area contributed by atoms with Crippen LogP contribution in [-0.4, -0.2) is 9.97 Å². The van der Waals surface area contributed by atoms with Crippen LogP contribution in [0.5, 0.6) is 0 Å². The first-order valence-electron chi connectivity index (χ1n) is 6.18. The lowest BCUT2D eigenvalue weighted by Gasteiger charge is -2.30. The molecule has 0 radical (unpaired) electrons. The maximum absolute atomic E-state index is 4.36. The number of hydrogen-bond acceptors (Lipinski definition) is 1. The van der Waals surface area contributed by atoms with Crippen molar-refractivity contribution in [2.75, 3.05) is 0 Å². The number of fused-ring (bicyclic) bond motifs is 1. The Kier molecular flexibility index (Phi) is 2.57. The third-order valence-corrected chi connectivity index (χ3v) is 3.18. The van der Waals surface area contributed by atoms with E-state index in [1.807, 2.05) is 0 Å². The van der Waals surface area contributed by atoms with Crippen LogP contribution in [0.3, 0.4) is 0 Å². The fourth-order valence-corrected chi connectivity index (χ4v) is 2.22. The van der Waals surface area contributed by atoms with Crippen molar-refractivity contribution in [2.45, 2.75) is 52.4 Å². The number of hydrogen-bond donors (Lipinski definition) is 1. The van der Waals surface area contributed by atoms with E-state index in [4.69, 9.17) is 0 Å². The Balaban J connectivity index is 2.78. The van der Waals surface area contributed by atoms with Gasteiger partial charge in [0, 0.05) is 0 Å². The van der Waals surface area contributed by atoms with Crippen LogP contribution < -0.4 is 0 Å². The summed E-state index contributed by atoms with van der Waals surface area (Å²) in [7, 11) is 0. The van der Waals surface area contributed by atoms with E-state index in [1.165, 1.54) is 11.1 Å². The van der Waals surface area contributed by atoms with Crippen LogP contribution >= 0.6 is 0 Å². The molecular weight excluding hydrogens is 208 g/mol. The zero-order valence-corrected chi connectivity index (χ0v) is 11.7. The van der Waals surface area contributed by atoms with Crippen molar-refractivity contribution < 1.29 is 0 Å². The van der Waals surface area contributed by atoms with E-state index in [-0.39, 0.29) is 10.8 Å². The molecule has 92 valence electrons. The second-order valence-corrected chi connectivity index (χ2v) is 6.82. The Morgan fingerprint density at radius 2 is 1.41 bits per heavy atom. The number of aromatic nitrogens is 2. The average molecular weight is 230 g/mol. The van der Waals surface area contributed by atoms with Crippen molar-refractivity contribution in [1.82, 2.24) is 9.97 Å². The van der Waals surface area contributed by atoms with Gasteiger partial charge in [-0.1, -0.05) is 41.5 Å². The summed E-state index contributed by atoms with van der Waals surface area (Å²) in [6, 6.07) is 4.48. The zero-order valence-electron chi connectivity index (χ0n) is 11.7. The monoisotopic (exact) mass is 230 g/mol. The molecule has 0 aliphatic heterocycles. The number of benzene rings is 1. The van der Waals surface area contributed by atoms with E-state index in [0.717, 1.165) is 11.0 Å². The highest BCUT2D eigenvalue weighted by Crippen LogP contribution is 2.35. The van der Waals surface area contributed by atoms with Gasteiger partial charge in [0.25, 0.3) is 0 Å². The minimum Gasteiger partial charge on any atom is -0.345 e. The summed E-state index contributed by atoms with van der Waals surface area (Å²) in [6.07, 6.45) is 1.77. The molecule has 1 N–H and O–H groups in total. The molecule has 1 heterocycles. The SMILES string of the molecule is CC(C)(C)c1cc2nc[nH]c2cc1C(C)(C)C. The second kappa shape index (κ2) is 3.59. The first-order chi connectivity index (χ1) is 7.69. The number of aromatic amines is 1. The van der Waals surface area contributed by atoms with Crippen LogP contribution in [0.25, 0.3) is 11.0 Å². The maximum Gasteiger partial charge on any atom is 0.0931 e. The van der Waals surface area contributed by atoms with Gasteiger partial charge in [0.1, 0.15) is 0 Å². The maximum atomic E-state index is 4.36. The summed E-state index contributed by atoms with van der Waals surface area (Å²) in [5.41, 5.74) is 5.29. The van der Waals surface area contributed by atoms with E-state index >= 15 is 0 Å². The third-order valence-electron chi connectivity index (χ3n) is 3.18. The first-order valence-corrected chi connectivity index (χ1v) is 6.18. The molecule has 0 saturated carbocycles. The minimum absolute atomic E-state index is 0.149. The zero-order chi connectivity index (χ0) is 12.8. The van der Waals surface area contributed by atoms with Crippen LogP contribution in [0, 0.1) is 0 Å². The molecule has 0 spiro atoms. The van der Waals surface area contributed by atoms with Gasteiger partial charge in [0.05, 0.1) is 17.4 Å². The van der Waals surface area contributed by atoms with Crippen LogP contribution in [-0.2, 0) is 10.8 Å². The van der Waals surface area contributed by atoms with Gasteiger partial charge in [0.2, 0.25) is 0 Å². The number of nitrogens with one attached hydrogen (secondary N) is 1. The summed E-state index contributed by atoms with van der Waals surface area (Å²) < 4.78 is 0. The predicted octanol–water partition coefficient (Wildman–Crippen LogP) is 4.16. The molecule has 0 fully saturated rings. The van der Waals surface area contributed by atoms with Crippen molar-refractivity contribution in [3.05, 3.63) is 29.6 Å². The van der Waals surface area contributed by atoms with Crippen molar-refractivity contribution in [2.24, 2.45) is 0 Å². The van der Waals surface area contributed by atoms with E-state index in [2.05, 4.69) is 63.6 Å². The summed E-state index contributed by atoms with van der Waals surface area (Å²) in [6.45, 7) is 13.6. The smallest absolute Gasteiger partial charge is 0.0931 e. The highest BCUT2D eigenvalue weighted by atomic mass is 14.9. The lowest BCUT2D eigenvalue weighted by molar-refractivity contribution is 0.531. The van der Waals surface area contributed by atoms with Gasteiger partial charge in [0.15, 0.2) is 0 Å². The Bertz CT molecular complexity index is 488. The van der Waals surface area contributed by atoms with Gasteiger partial charge in [-0.05, 0) is 34.1 Å². The molecule has 2 heteroatoms.